The summed E-state index contributed by atoms with van der Waals surface area (Å²) < 4.78 is 10.6. The van der Waals surface area contributed by atoms with E-state index in [1.54, 1.807) is 17.4 Å². The Morgan fingerprint density at radius 2 is 2.12 bits per heavy atom. The number of thioether (sulfide) groups is 1. The molecule has 5 nitrogen and oxygen atoms in total. The summed E-state index contributed by atoms with van der Waals surface area (Å²) in [7, 11) is 0. The largest absolute Gasteiger partial charge is 0.454 e. The van der Waals surface area contributed by atoms with Gasteiger partial charge in [-0.1, -0.05) is 6.07 Å². The van der Waals surface area contributed by atoms with E-state index in [0.29, 0.717) is 11.0 Å². The molecule has 1 aromatic carbocycles. The van der Waals surface area contributed by atoms with Crippen LogP contribution in [0, 0.1) is 0 Å². The van der Waals surface area contributed by atoms with Crippen molar-refractivity contribution in [1.29, 1.82) is 0 Å². The number of rotatable bonds is 2. The van der Waals surface area contributed by atoms with Crippen LogP contribution in [0.2, 0.25) is 0 Å². The predicted octanol–water partition coefficient (Wildman–Crippen LogP) is 4.19. The van der Waals surface area contributed by atoms with Crippen molar-refractivity contribution in [3.05, 3.63) is 40.6 Å². The molecule has 0 radical (unpaired) electrons. The van der Waals surface area contributed by atoms with Gasteiger partial charge in [0.25, 0.3) is 0 Å². The fourth-order valence-electron chi connectivity index (χ4n) is 2.85. The summed E-state index contributed by atoms with van der Waals surface area (Å²) in [6.07, 6.45) is 0.986. The van der Waals surface area contributed by atoms with Crippen molar-refractivity contribution in [3.8, 4) is 11.5 Å². The number of ether oxygens (including phenoxy) is 2. The van der Waals surface area contributed by atoms with Gasteiger partial charge in [-0.3, -0.25) is 0 Å². The van der Waals surface area contributed by atoms with Gasteiger partial charge in [0.1, 0.15) is 0 Å². The lowest BCUT2D eigenvalue weighted by Crippen LogP contribution is -2.36. The highest BCUT2D eigenvalue weighted by Crippen LogP contribution is 2.37. The zero-order chi connectivity index (χ0) is 16.4. The lowest BCUT2D eigenvalue weighted by molar-refractivity contribution is 0.174. The van der Waals surface area contributed by atoms with Crippen LogP contribution in [-0.4, -0.2) is 36.6 Å². The van der Waals surface area contributed by atoms with E-state index in [0.717, 1.165) is 36.7 Å². The number of carbonyl (C=O) groups excluding carboxylic acids is 1. The zero-order valence-corrected chi connectivity index (χ0v) is 14.7. The Labute approximate surface area is 148 Å². The lowest BCUT2D eigenvalue weighted by atomic mass is 10.2. The Morgan fingerprint density at radius 1 is 1.21 bits per heavy atom. The third-order valence-electron chi connectivity index (χ3n) is 4.11. The number of amides is 2. The standard InChI is InChI=1S/C17H18N2O3S2/c20-17(18-12-3-4-13-14(10-12)22-11-21-13)19-6-5-16(24-9-7-19)15-2-1-8-23-15/h1-4,8,10,16H,5-7,9,11H2,(H,18,20)/t16-/m0/s1. The van der Waals surface area contributed by atoms with Gasteiger partial charge < -0.3 is 19.7 Å². The van der Waals surface area contributed by atoms with Crippen LogP contribution in [0.4, 0.5) is 10.5 Å². The van der Waals surface area contributed by atoms with Gasteiger partial charge in [0.2, 0.25) is 6.79 Å². The maximum atomic E-state index is 12.5. The Morgan fingerprint density at radius 3 is 3.00 bits per heavy atom. The average molecular weight is 362 g/mol. The third-order valence-corrected chi connectivity index (χ3v) is 6.56. The van der Waals surface area contributed by atoms with Gasteiger partial charge in [0, 0.05) is 40.7 Å². The molecule has 0 aliphatic carbocycles. The second kappa shape index (κ2) is 6.94. The highest BCUT2D eigenvalue weighted by atomic mass is 32.2. The minimum absolute atomic E-state index is 0.0544. The van der Waals surface area contributed by atoms with Gasteiger partial charge in [-0.2, -0.15) is 11.8 Å². The number of thiophene rings is 1. The fourth-order valence-corrected chi connectivity index (χ4v) is 5.09. The first-order chi connectivity index (χ1) is 11.8. The number of nitrogens with zero attached hydrogens (tertiary/aromatic N) is 1. The van der Waals surface area contributed by atoms with Gasteiger partial charge in [0.05, 0.1) is 0 Å². The molecule has 0 bridgehead atoms. The topological polar surface area (TPSA) is 50.8 Å². The second-order valence-electron chi connectivity index (χ2n) is 5.65. The number of hydrogen-bond acceptors (Lipinski definition) is 5. The van der Waals surface area contributed by atoms with Crippen LogP contribution in [-0.2, 0) is 0 Å². The van der Waals surface area contributed by atoms with Crippen LogP contribution < -0.4 is 14.8 Å². The van der Waals surface area contributed by atoms with Crippen LogP contribution in [0.3, 0.4) is 0 Å². The predicted molar refractivity (Wildman–Crippen MR) is 97.3 cm³/mol. The molecule has 0 spiro atoms. The monoisotopic (exact) mass is 362 g/mol. The summed E-state index contributed by atoms with van der Waals surface area (Å²) in [4.78, 5) is 15.8. The summed E-state index contributed by atoms with van der Waals surface area (Å²) in [5.74, 6) is 2.35. The molecule has 1 aromatic heterocycles. The van der Waals surface area contributed by atoms with E-state index in [2.05, 4.69) is 22.8 Å². The quantitative estimate of drug-likeness (QED) is 0.870. The lowest BCUT2D eigenvalue weighted by Gasteiger charge is -2.20. The van der Waals surface area contributed by atoms with Crippen molar-refractivity contribution in [3.63, 3.8) is 0 Å². The van der Waals surface area contributed by atoms with Gasteiger partial charge in [0.15, 0.2) is 11.5 Å². The first kappa shape index (κ1) is 15.7. The van der Waals surface area contributed by atoms with E-state index in [9.17, 15) is 4.79 Å². The number of nitrogens with one attached hydrogen (secondary N) is 1. The first-order valence-electron chi connectivity index (χ1n) is 7.90. The number of fused-ring (bicyclic) bond motifs is 1. The molecule has 2 aromatic rings. The van der Waals surface area contributed by atoms with Gasteiger partial charge in [-0.25, -0.2) is 4.79 Å². The Kier molecular flexibility index (Phi) is 4.53. The molecule has 1 saturated heterocycles. The minimum Gasteiger partial charge on any atom is -0.454 e. The van der Waals surface area contributed by atoms with E-state index >= 15 is 0 Å². The normalized spacial score (nSPS) is 19.8. The van der Waals surface area contributed by atoms with Crippen LogP contribution in [0.15, 0.2) is 35.7 Å². The van der Waals surface area contributed by atoms with Crippen molar-refractivity contribution < 1.29 is 14.3 Å². The molecule has 2 amide bonds. The Balaban J connectivity index is 1.38. The molecule has 126 valence electrons. The molecule has 1 atom stereocenters. The maximum Gasteiger partial charge on any atom is 0.321 e. The number of hydrogen-bond donors (Lipinski definition) is 1. The molecule has 0 unspecified atom stereocenters. The van der Waals surface area contributed by atoms with E-state index in [4.69, 9.17) is 9.47 Å². The fraction of sp³-hybridized carbons (Fsp3) is 0.353. The molecule has 7 heteroatoms. The van der Waals surface area contributed by atoms with Crippen LogP contribution in [0.5, 0.6) is 11.5 Å². The zero-order valence-electron chi connectivity index (χ0n) is 13.1. The van der Waals surface area contributed by atoms with Crippen molar-refractivity contribution in [2.24, 2.45) is 0 Å². The highest BCUT2D eigenvalue weighted by Gasteiger charge is 2.23. The van der Waals surface area contributed by atoms with Gasteiger partial charge in [-0.15, -0.1) is 11.3 Å². The number of benzene rings is 1. The molecular formula is C17H18N2O3S2. The summed E-state index contributed by atoms with van der Waals surface area (Å²) in [5.41, 5.74) is 0.732. The number of anilines is 1. The van der Waals surface area contributed by atoms with Crippen molar-refractivity contribution in [2.45, 2.75) is 11.7 Å². The van der Waals surface area contributed by atoms with E-state index in [-0.39, 0.29) is 12.8 Å². The summed E-state index contributed by atoms with van der Waals surface area (Å²) in [6, 6.07) is 9.69. The molecule has 2 aliphatic rings. The van der Waals surface area contributed by atoms with Crippen molar-refractivity contribution in [1.82, 2.24) is 4.90 Å². The van der Waals surface area contributed by atoms with Gasteiger partial charge >= 0.3 is 6.03 Å². The molecule has 1 fully saturated rings. The molecule has 3 heterocycles. The SMILES string of the molecule is O=C(Nc1ccc2c(c1)OCO2)N1CCS[C@H](c2cccs2)CC1. The molecular weight excluding hydrogens is 344 g/mol. The van der Waals surface area contributed by atoms with E-state index in [1.807, 2.05) is 28.8 Å². The molecule has 24 heavy (non-hydrogen) atoms. The molecule has 1 N–H and O–H groups in total. The summed E-state index contributed by atoms with van der Waals surface area (Å²) in [5, 5.41) is 5.57. The molecule has 0 saturated carbocycles. The molecule has 2 aliphatic heterocycles. The van der Waals surface area contributed by atoms with Crippen molar-refractivity contribution in [2.75, 3.05) is 31.0 Å². The second-order valence-corrected chi connectivity index (χ2v) is 7.94. The maximum absolute atomic E-state index is 12.5. The first-order valence-corrected chi connectivity index (χ1v) is 9.83. The average Bonchev–Trinajstić information content (AvgIpc) is 3.22. The highest BCUT2D eigenvalue weighted by molar-refractivity contribution is 7.99. The van der Waals surface area contributed by atoms with E-state index in [1.165, 1.54) is 4.88 Å². The third kappa shape index (κ3) is 3.32. The van der Waals surface area contributed by atoms with Crippen molar-refractivity contribution >= 4 is 34.8 Å². The number of urea groups is 1. The van der Waals surface area contributed by atoms with E-state index < -0.39 is 0 Å². The summed E-state index contributed by atoms with van der Waals surface area (Å²) >= 11 is 3.73. The summed E-state index contributed by atoms with van der Waals surface area (Å²) in [6.45, 7) is 1.77. The van der Waals surface area contributed by atoms with Crippen LogP contribution in [0.1, 0.15) is 16.5 Å². The van der Waals surface area contributed by atoms with Crippen LogP contribution >= 0.6 is 23.1 Å². The molecule has 4 rings (SSSR count). The van der Waals surface area contributed by atoms with Crippen LogP contribution in [0.25, 0.3) is 0 Å². The van der Waals surface area contributed by atoms with Gasteiger partial charge in [-0.05, 0) is 30.0 Å². The smallest absolute Gasteiger partial charge is 0.321 e. The Hall–Kier alpha value is -1.86. The number of carbonyl (C=O) groups is 1. The minimum atomic E-state index is -0.0544. The Bertz CT molecular complexity index is 721.